The summed E-state index contributed by atoms with van der Waals surface area (Å²) in [7, 11) is 0. The lowest BCUT2D eigenvalue weighted by atomic mass is 9.77. The van der Waals surface area contributed by atoms with Crippen molar-refractivity contribution in [3.05, 3.63) is 78.1 Å². The van der Waals surface area contributed by atoms with Crippen LogP contribution in [-0.4, -0.2) is 15.3 Å². The number of fused-ring (bicyclic) bond motifs is 1. The van der Waals surface area contributed by atoms with Crippen LogP contribution in [0.3, 0.4) is 0 Å². The van der Waals surface area contributed by atoms with Gasteiger partial charge in [0, 0.05) is 35.1 Å². The van der Waals surface area contributed by atoms with Gasteiger partial charge in [0.2, 0.25) is 0 Å². The Morgan fingerprint density at radius 1 is 0.833 bits per heavy atom. The van der Waals surface area contributed by atoms with Gasteiger partial charge in [0.05, 0.1) is 6.26 Å². The van der Waals surface area contributed by atoms with Crippen molar-refractivity contribution in [2.45, 2.75) is 5.92 Å². The molecule has 1 aliphatic carbocycles. The van der Waals surface area contributed by atoms with Crippen LogP contribution >= 0.6 is 0 Å². The summed E-state index contributed by atoms with van der Waals surface area (Å²) in [6, 6.07) is 9.73. The van der Waals surface area contributed by atoms with E-state index in [0.29, 0.717) is 11.3 Å². The molecule has 2 aromatic rings. The van der Waals surface area contributed by atoms with Crippen LogP contribution in [0.5, 0.6) is 23.0 Å². The zero-order valence-electron chi connectivity index (χ0n) is 12.8. The van der Waals surface area contributed by atoms with Crippen molar-refractivity contribution < 1.29 is 20.1 Å². The van der Waals surface area contributed by atoms with E-state index in [1.807, 2.05) is 24.3 Å². The second kappa shape index (κ2) is 5.49. The molecule has 1 heterocycles. The van der Waals surface area contributed by atoms with Crippen molar-refractivity contribution in [1.29, 1.82) is 0 Å². The molecule has 4 heteroatoms. The van der Waals surface area contributed by atoms with Crippen LogP contribution in [0.1, 0.15) is 17.0 Å². The minimum Gasteiger partial charge on any atom is -0.508 e. The highest BCUT2D eigenvalue weighted by Crippen LogP contribution is 2.51. The second-order valence-corrected chi connectivity index (χ2v) is 5.94. The molecular weight excluding hydrogens is 304 g/mol. The molecule has 1 unspecified atom stereocenters. The molecule has 120 valence electrons. The minimum absolute atomic E-state index is 0.00748. The Bertz CT molecular complexity index is 863. The molecule has 0 amide bonds. The van der Waals surface area contributed by atoms with Gasteiger partial charge in [-0.25, -0.2) is 0 Å². The van der Waals surface area contributed by atoms with Crippen molar-refractivity contribution in [2.24, 2.45) is 5.92 Å². The fourth-order valence-electron chi connectivity index (χ4n) is 3.34. The smallest absolute Gasteiger partial charge is 0.137 e. The molecule has 3 N–H and O–H groups in total. The third kappa shape index (κ3) is 2.33. The number of ether oxygens (including phenoxy) is 1. The normalized spacial score (nSPS) is 19.0. The van der Waals surface area contributed by atoms with Crippen LogP contribution in [0.2, 0.25) is 0 Å². The molecule has 4 rings (SSSR count). The molecule has 1 atom stereocenters. The minimum atomic E-state index is -0.145. The van der Waals surface area contributed by atoms with Crippen molar-refractivity contribution in [3.63, 3.8) is 0 Å². The maximum Gasteiger partial charge on any atom is 0.137 e. The average Bonchev–Trinajstić information content (AvgIpc) is 3.08. The molecule has 2 aromatic carbocycles. The summed E-state index contributed by atoms with van der Waals surface area (Å²) in [6.45, 7) is 0. The highest BCUT2D eigenvalue weighted by molar-refractivity contribution is 5.77. The summed E-state index contributed by atoms with van der Waals surface area (Å²) in [6.07, 6.45) is 9.75. The van der Waals surface area contributed by atoms with Crippen LogP contribution < -0.4 is 4.74 Å². The van der Waals surface area contributed by atoms with Gasteiger partial charge >= 0.3 is 0 Å². The topological polar surface area (TPSA) is 69.9 Å². The van der Waals surface area contributed by atoms with E-state index in [1.54, 1.807) is 18.4 Å². The van der Waals surface area contributed by atoms with E-state index in [1.165, 1.54) is 12.1 Å². The Balaban J connectivity index is 1.88. The van der Waals surface area contributed by atoms with Crippen LogP contribution in [0.15, 0.2) is 67.0 Å². The Labute approximate surface area is 139 Å². The third-order valence-electron chi connectivity index (χ3n) is 4.43. The van der Waals surface area contributed by atoms with Gasteiger partial charge in [-0.05, 0) is 17.7 Å². The molecule has 0 fully saturated rings. The lowest BCUT2D eigenvalue weighted by Crippen LogP contribution is -2.16. The molecule has 0 aromatic heterocycles. The summed E-state index contributed by atoms with van der Waals surface area (Å²) in [5.41, 5.74) is 2.47. The predicted octanol–water partition coefficient (Wildman–Crippen LogP) is 4.06. The quantitative estimate of drug-likeness (QED) is 0.780. The Morgan fingerprint density at radius 2 is 1.54 bits per heavy atom. The molecule has 0 saturated heterocycles. The first-order valence-electron chi connectivity index (χ1n) is 7.70. The number of hydrogen-bond acceptors (Lipinski definition) is 4. The molecule has 0 spiro atoms. The van der Waals surface area contributed by atoms with Crippen LogP contribution in [0.25, 0.3) is 5.57 Å². The Hall–Kier alpha value is -3.14. The van der Waals surface area contributed by atoms with E-state index in [2.05, 4.69) is 12.2 Å². The molecule has 2 aliphatic rings. The van der Waals surface area contributed by atoms with Crippen molar-refractivity contribution in [2.75, 3.05) is 0 Å². The van der Waals surface area contributed by atoms with Crippen molar-refractivity contribution in [1.82, 2.24) is 0 Å². The molecule has 24 heavy (non-hydrogen) atoms. The van der Waals surface area contributed by atoms with Gasteiger partial charge in [0.25, 0.3) is 0 Å². The summed E-state index contributed by atoms with van der Waals surface area (Å²) >= 11 is 0. The number of aromatic hydroxyl groups is 3. The Morgan fingerprint density at radius 3 is 2.25 bits per heavy atom. The first-order chi connectivity index (χ1) is 11.6. The Kier molecular flexibility index (Phi) is 3.31. The van der Waals surface area contributed by atoms with E-state index in [0.717, 1.165) is 11.1 Å². The van der Waals surface area contributed by atoms with Gasteiger partial charge in [-0.3, -0.25) is 0 Å². The van der Waals surface area contributed by atoms with Crippen LogP contribution in [0, 0.1) is 5.92 Å². The van der Waals surface area contributed by atoms with E-state index in [9.17, 15) is 15.3 Å². The summed E-state index contributed by atoms with van der Waals surface area (Å²) in [5.74, 6) is 0.546. The van der Waals surface area contributed by atoms with E-state index >= 15 is 0 Å². The largest absolute Gasteiger partial charge is 0.508 e. The fourth-order valence-corrected chi connectivity index (χ4v) is 3.34. The highest BCUT2D eigenvalue weighted by Gasteiger charge is 2.34. The van der Waals surface area contributed by atoms with Gasteiger partial charge in [0.15, 0.2) is 0 Å². The number of phenolic OH excluding ortho intramolecular Hbond substituents is 3. The molecule has 0 bridgehead atoms. The number of phenols is 3. The maximum absolute atomic E-state index is 10.4. The standard InChI is InChI=1S/C20H16O4/c21-14-7-5-12(6-8-14)16-11-24-18-10-15(22)9-17(23)20(18)19(16)13-3-1-2-4-13/h1-11,13,19,21-23H. The van der Waals surface area contributed by atoms with Gasteiger partial charge in [-0.15, -0.1) is 0 Å². The van der Waals surface area contributed by atoms with Crippen molar-refractivity contribution in [3.8, 4) is 23.0 Å². The molecule has 4 nitrogen and oxygen atoms in total. The number of benzene rings is 2. The fraction of sp³-hybridized carbons (Fsp3) is 0.100. The van der Waals surface area contributed by atoms with E-state index in [-0.39, 0.29) is 29.1 Å². The van der Waals surface area contributed by atoms with Gasteiger partial charge < -0.3 is 20.1 Å². The highest BCUT2D eigenvalue weighted by atomic mass is 16.5. The van der Waals surface area contributed by atoms with Crippen molar-refractivity contribution >= 4 is 5.57 Å². The van der Waals surface area contributed by atoms with Gasteiger partial charge in [-0.2, -0.15) is 0 Å². The predicted molar refractivity (Wildman–Crippen MR) is 91.0 cm³/mol. The number of hydrogen-bond donors (Lipinski definition) is 3. The molecule has 0 saturated carbocycles. The lowest BCUT2D eigenvalue weighted by molar-refractivity contribution is 0.407. The zero-order valence-corrected chi connectivity index (χ0v) is 12.8. The molecular formula is C20H16O4. The summed E-state index contributed by atoms with van der Waals surface area (Å²) in [5, 5.41) is 29.7. The van der Waals surface area contributed by atoms with E-state index < -0.39 is 0 Å². The molecule has 0 radical (unpaired) electrons. The molecule has 1 aliphatic heterocycles. The van der Waals surface area contributed by atoms with Gasteiger partial charge in [-0.1, -0.05) is 36.4 Å². The van der Waals surface area contributed by atoms with Crippen LogP contribution in [0.4, 0.5) is 0 Å². The van der Waals surface area contributed by atoms with Gasteiger partial charge in [0.1, 0.15) is 23.0 Å². The zero-order chi connectivity index (χ0) is 16.7. The number of allylic oxidation sites excluding steroid dienone is 5. The maximum atomic E-state index is 10.4. The first-order valence-corrected chi connectivity index (χ1v) is 7.70. The monoisotopic (exact) mass is 320 g/mol. The summed E-state index contributed by atoms with van der Waals surface area (Å²) < 4.78 is 5.68. The number of rotatable bonds is 2. The lowest BCUT2D eigenvalue weighted by Gasteiger charge is -2.30. The summed E-state index contributed by atoms with van der Waals surface area (Å²) in [4.78, 5) is 0. The third-order valence-corrected chi connectivity index (χ3v) is 4.43. The SMILES string of the molecule is Oc1ccc(C2=COc3cc(O)cc(O)c3C2C2C=CC=C2)cc1. The first kappa shape index (κ1) is 14.5. The van der Waals surface area contributed by atoms with Crippen LogP contribution in [-0.2, 0) is 0 Å². The van der Waals surface area contributed by atoms with E-state index in [4.69, 9.17) is 4.74 Å². The second-order valence-electron chi connectivity index (χ2n) is 5.94. The average molecular weight is 320 g/mol.